The second kappa shape index (κ2) is 5.09. The van der Waals surface area contributed by atoms with Crippen molar-refractivity contribution in [3.05, 3.63) is 46.1 Å². The minimum Gasteiger partial charge on any atom is -0.468 e. The van der Waals surface area contributed by atoms with Gasteiger partial charge >= 0.3 is 0 Å². The Morgan fingerprint density at radius 3 is 2.79 bits per heavy atom. The molecule has 6 nitrogen and oxygen atoms in total. The van der Waals surface area contributed by atoms with E-state index in [9.17, 15) is 9.59 Å². The Morgan fingerprint density at radius 2 is 2.21 bits per heavy atom. The second-order valence-electron chi connectivity index (χ2n) is 4.24. The predicted molar refractivity (Wildman–Crippen MR) is 69.5 cm³/mol. The number of methoxy groups -OCH3 is 1. The molecule has 0 atom stereocenters. The van der Waals surface area contributed by atoms with Crippen LogP contribution in [0.15, 0.2) is 29.2 Å². The summed E-state index contributed by atoms with van der Waals surface area (Å²) in [4.78, 5) is 28.1. The Hall–Kier alpha value is -2.37. The van der Waals surface area contributed by atoms with E-state index in [1.54, 1.807) is 36.9 Å². The van der Waals surface area contributed by atoms with Gasteiger partial charge < -0.3 is 9.30 Å². The molecule has 6 heteroatoms. The number of rotatable bonds is 4. The maximum atomic E-state index is 12.1. The van der Waals surface area contributed by atoms with Gasteiger partial charge in [-0.25, -0.2) is 4.98 Å². The van der Waals surface area contributed by atoms with Gasteiger partial charge in [-0.3, -0.25) is 14.2 Å². The van der Waals surface area contributed by atoms with E-state index in [1.165, 1.54) is 17.7 Å². The molecule has 2 rings (SSSR count). The maximum absolute atomic E-state index is 12.1. The van der Waals surface area contributed by atoms with Gasteiger partial charge in [-0.1, -0.05) is 0 Å². The molecule has 2 aromatic heterocycles. The van der Waals surface area contributed by atoms with Crippen molar-refractivity contribution in [3.63, 3.8) is 0 Å². The van der Waals surface area contributed by atoms with Gasteiger partial charge in [0.15, 0.2) is 5.78 Å². The molecule has 0 spiro atoms. The van der Waals surface area contributed by atoms with Crippen LogP contribution in [0.1, 0.15) is 16.2 Å². The van der Waals surface area contributed by atoms with Crippen LogP contribution < -0.4 is 10.3 Å². The van der Waals surface area contributed by atoms with Crippen molar-refractivity contribution in [2.45, 2.75) is 13.5 Å². The molecule has 2 heterocycles. The molecule has 2 aromatic rings. The fraction of sp³-hybridized carbons (Fsp3) is 0.308. The summed E-state index contributed by atoms with van der Waals surface area (Å²) >= 11 is 0. The van der Waals surface area contributed by atoms with Gasteiger partial charge in [-0.05, 0) is 19.1 Å². The lowest BCUT2D eigenvalue weighted by Gasteiger charge is -2.10. The Balaban J connectivity index is 2.37. The highest BCUT2D eigenvalue weighted by Crippen LogP contribution is 2.08. The molecule has 0 amide bonds. The molecule has 0 radical (unpaired) electrons. The minimum atomic E-state index is -0.299. The van der Waals surface area contributed by atoms with Crippen molar-refractivity contribution in [1.82, 2.24) is 14.1 Å². The topological polar surface area (TPSA) is 66.1 Å². The summed E-state index contributed by atoms with van der Waals surface area (Å²) in [6, 6.07) is 5.01. The van der Waals surface area contributed by atoms with Gasteiger partial charge in [0.2, 0.25) is 0 Å². The van der Waals surface area contributed by atoms with Gasteiger partial charge in [0.05, 0.1) is 19.3 Å². The molecular formula is C13H15N3O3. The lowest BCUT2D eigenvalue weighted by molar-refractivity contribution is 0.0958. The third-order valence-corrected chi connectivity index (χ3v) is 2.82. The highest BCUT2D eigenvalue weighted by molar-refractivity contribution is 5.94. The summed E-state index contributed by atoms with van der Waals surface area (Å²) < 4.78 is 7.98. The summed E-state index contributed by atoms with van der Waals surface area (Å²) in [7, 11) is 3.20. The first-order valence-corrected chi connectivity index (χ1v) is 5.80. The fourth-order valence-corrected chi connectivity index (χ4v) is 1.87. The first-order chi connectivity index (χ1) is 9.02. The first kappa shape index (κ1) is 13.1. The molecule has 0 aliphatic heterocycles. The smallest absolute Gasteiger partial charge is 0.299 e. The van der Waals surface area contributed by atoms with E-state index < -0.39 is 0 Å². The standard InChI is InChI=1S/C13H15N3O3/c1-9-7-12(18)16(13(14-9)19-3)8-11(17)10-5-4-6-15(10)2/h4-7H,8H2,1-3H3. The van der Waals surface area contributed by atoms with E-state index in [0.29, 0.717) is 11.4 Å². The number of ether oxygens (including phenoxy) is 1. The van der Waals surface area contributed by atoms with Gasteiger partial charge in [-0.2, -0.15) is 0 Å². The van der Waals surface area contributed by atoms with Crippen molar-refractivity contribution in [2.24, 2.45) is 7.05 Å². The summed E-state index contributed by atoms with van der Waals surface area (Å²) in [5.74, 6) is -0.168. The number of aryl methyl sites for hydroxylation is 2. The van der Waals surface area contributed by atoms with Gasteiger partial charge in [0, 0.05) is 25.0 Å². The minimum absolute atomic E-state index is 0.0901. The average Bonchev–Trinajstić information content (AvgIpc) is 2.78. The van der Waals surface area contributed by atoms with E-state index in [-0.39, 0.29) is 23.9 Å². The molecule has 0 aromatic carbocycles. The zero-order valence-corrected chi connectivity index (χ0v) is 11.1. The van der Waals surface area contributed by atoms with Crippen LogP contribution in [0.2, 0.25) is 0 Å². The normalized spacial score (nSPS) is 10.5. The summed E-state index contributed by atoms with van der Waals surface area (Å²) in [6.07, 6.45) is 1.78. The SMILES string of the molecule is COc1nc(C)cc(=O)n1CC(=O)c1cccn1C. The molecule has 0 N–H and O–H groups in total. The van der Waals surface area contributed by atoms with Crippen LogP contribution in [0.3, 0.4) is 0 Å². The van der Waals surface area contributed by atoms with Crippen LogP contribution in [0.25, 0.3) is 0 Å². The third kappa shape index (κ3) is 2.57. The van der Waals surface area contributed by atoms with Crippen LogP contribution >= 0.6 is 0 Å². The molecule has 0 unspecified atom stereocenters. The number of carbonyl (C=O) groups excluding carboxylic acids is 1. The number of nitrogens with zero attached hydrogens (tertiary/aromatic N) is 3. The lowest BCUT2D eigenvalue weighted by atomic mass is 10.3. The van der Waals surface area contributed by atoms with Crippen molar-refractivity contribution in [3.8, 4) is 6.01 Å². The number of ketones is 1. The van der Waals surface area contributed by atoms with Crippen LogP contribution in [0.4, 0.5) is 0 Å². The Kier molecular flexibility index (Phi) is 3.50. The zero-order chi connectivity index (χ0) is 14.0. The van der Waals surface area contributed by atoms with Gasteiger partial charge in [0.25, 0.3) is 11.6 Å². The summed E-state index contributed by atoms with van der Waals surface area (Å²) in [5.41, 5.74) is 0.797. The third-order valence-electron chi connectivity index (χ3n) is 2.82. The first-order valence-electron chi connectivity index (χ1n) is 5.80. The van der Waals surface area contributed by atoms with Crippen molar-refractivity contribution in [1.29, 1.82) is 0 Å². The van der Waals surface area contributed by atoms with Crippen molar-refractivity contribution >= 4 is 5.78 Å². The van der Waals surface area contributed by atoms with E-state index in [4.69, 9.17) is 4.74 Å². The quantitative estimate of drug-likeness (QED) is 0.763. The van der Waals surface area contributed by atoms with Crippen LogP contribution in [-0.4, -0.2) is 27.0 Å². The lowest BCUT2D eigenvalue weighted by Crippen LogP contribution is -2.27. The number of hydrogen-bond donors (Lipinski definition) is 0. The number of Topliss-reactive ketones (excluding diaryl/α,β-unsaturated/α-hetero) is 1. The fourth-order valence-electron chi connectivity index (χ4n) is 1.87. The molecule has 0 saturated heterocycles. The molecule has 0 aliphatic rings. The Labute approximate surface area is 110 Å². The summed E-state index contributed by atoms with van der Waals surface area (Å²) in [6.45, 7) is 1.61. The largest absolute Gasteiger partial charge is 0.468 e. The van der Waals surface area contributed by atoms with Crippen molar-refractivity contribution in [2.75, 3.05) is 7.11 Å². The second-order valence-corrected chi connectivity index (χ2v) is 4.24. The number of aromatic nitrogens is 3. The average molecular weight is 261 g/mol. The zero-order valence-electron chi connectivity index (χ0n) is 11.1. The van der Waals surface area contributed by atoms with Gasteiger partial charge in [-0.15, -0.1) is 0 Å². The van der Waals surface area contributed by atoms with Crippen LogP contribution in [-0.2, 0) is 13.6 Å². The Bertz CT molecular complexity index is 670. The van der Waals surface area contributed by atoms with E-state index in [2.05, 4.69) is 4.98 Å². The molecule has 0 saturated carbocycles. The molecule has 0 bridgehead atoms. The number of hydrogen-bond acceptors (Lipinski definition) is 4. The van der Waals surface area contributed by atoms with E-state index >= 15 is 0 Å². The highest BCUT2D eigenvalue weighted by Gasteiger charge is 2.14. The van der Waals surface area contributed by atoms with E-state index in [1.807, 2.05) is 0 Å². The van der Waals surface area contributed by atoms with E-state index in [0.717, 1.165) is 0 Å². The maximum Gasteiger partial charge on any atom is 0.299 e. The molecule has 0 aliphatic carbocycles. The van der Waals surface area contributed by atoms with Crippen LogP contribution in [0, 0.1) is 6.92 Å². The number of carbonyl (C=O) groups is 1. The summed E-state index contributed by atoms with van der Waals surface area (Å²) in [5, 5.41) is 0. The van der Waals surface area contributed by atoms with Gasteiger partial charge in [0.1, 0.15) is 0 Å². The molecule has 100 valence electrons. The predicted octanol–water partition coefficient (Wildman–Crippen LogP) is 0.782. The highest BCUT2D eigenvalue weighted by atomic mass is 16.5. The monoisotopic (exact) mass is 261 g/mol. The Morgan fingerprint density at radius 1 is 1.47 bits per heavy atom. The molecule has 19 heavy (non-hydrogen) atoms. The van der Waals surface area contributed by atoms with Crippen molar-refractivity contribution < 1.29 is 9.53 Å². The molecule has 0 fully saturated rings. The molecular weight excluding hydrogens is 246 g/mol. The van der Waals surface area contributed by atoms with Crippen LogP contribution in [0.5, 0.6) is 6.01 Å².